The van der Waals surface area contributed by atoms with Gasteiger partial charge in [-0.05, 0) is 38.5 Å². The number of amides is 1. The summed E-state index contributed by atoms with van der Waals surface area (Å²) in [5.74, 6) is -0.332. The molecular formula is C23H30F3N5O. The van der Waals surface area contributed by atoms with E-state index in [0.29, 0.717) is 36.4 Å². The van der Waals surface area contributed by atoms with E-state index >= 15 is 0 Å². The Labute approximate surface area is 186 Å². The van der Waals surface area contributed by atoms with Crippen LogP contribution < -0.4 is 5.32 Å². The molecule has 6 nitrogen and oxygen atoms in total. The van der Waals surface area contributed by atoms with Crippen molar-refractivity contribution >= 4 is 11.6 Å². The molecule has 2 aliphatic heterocycles. The van der Waals surface area contributed by atoms with E-state index in [4.69, 9.17) is 0 Å². The van der Waals surface area contributed by atoms with Crippen molar-refractivity contribution in [2.75, 3.05) is 13.1 Å². The molecule has 0 radical (unpaired) electrons. The first kappa shape index (κ1) is 23.8. The minimum atomic E-state index is -4.34. The van der Waals surface area contributed by atoms with E-state index in [1.54, 1.807) is 6.20 Å². The highest BCUT2D eigenvalue weighted by atomic mass is 19.4. The third-order valence-corrected chi connectivity index (χ3v) is 5.89. The van der Waals surface area contributed by atoms with Crippen molar-refractivity contribution < 1.29 is 18.0 Å². The Bertz CT molecular complexity index is 984. The lowest BCUT2D eigenvalue weighted by Gasteiger charge is -2.31. The SMILES string of the molecule is CCC(C)=CNC1=C(C)CN(C(=O)C2=CN=C(c3cnn(CC(F)(F)F)c3)C2CC)CC1. The highest BCUT2D eigenvalue weighted by molar-refractivity contribution is 6.12. The molecule has 0 fully saturated rings. The van der Waals surface area contributed by atoms with E-state index in [-0.39, 0.29) is 11.8 Å². The number of aliphatic imine (C=N–C) groups is 1. The van der Waals surface area contributed by atoms with Crippen LogP contribution in [0, 0.1) is 5.92 Å². The predicted octanol–water partition coefficient (Wildman–Crippen LogP) is 4.57. The highest BCUT2D eigenvalue weighted by Gasteiger charge is 2.34. The Morgan fingerprint density at radius 1 is 1.34 bits per heavy atom. The minimum Gasteiger partial charge on any atom is -0.365 e. The summed E-state index contributed by atoms with van der Waals surface area (Å²) in [5, 5.41) is 7.18. The molecule has 0 saturated heterocycles. The Kier molecular flexibility index (Phi) is 7.26. The first-order chi connectivity index (χ1) is 15.1. The number of halogens is 3. The van der Waals surface area contributed by atoms with E-state index in [2.05, 4.69) is 29.3 Å². The Morgan fingerprint density at radius 2 is 2.09 bits per heavy atom. The zero-order valence-electron chi connectivity index (χ0n) is 19.0. The number of alkyl halides is 3. The molecule has 0 saturated carbocycles. The summed E-state index contributed by atoms with van der Waals surface area (Å²) in [6, 6.07) is 0. The first-order valence-corrected chi connectivity index (χ1v) is 10.9. The van der Waals surface area contributed by atoms with Gasteiger partial charge in [-0.25, -0.2) is 0 Å². The van der Waals surface area contributed by atoms with Gasteiger partial charge in [0.05, 0.1) is 11.9 Å². The molecule has 1 N–H and O–H groups in total. The zero-order chi connectivity index (χ0) is 23.5. The number of carbonyl (C=O) groups excluding carboxylic acids is 1. The van der Waals surface area contributed by atoms with Crippen LogP contribution in [0.3, 0.4) is 0 Å². The van der Waals surface area contributed by atoms with E-state index in [0.717, 1.165) is 28.8 Å². The summed E-state index contributed by atoms with van der Waals surface area (Å²) < 4.78 is 38.8. The molecule has 1 aromatic heterocycles. The van der Waals surface area contributed by atoms with Gasteiger partial charge in [0.1, 0.15) is 6.54 Å². The van der Waals surface area contributed by atoms with Gasteiger partial charge in [-0.15, -0.1) is 0 Å². The number of hydrogen-bond acceptors (Lipinski definition) is 4. The van der Waals surface area contributed by atoms with Crippen LogP contribution >= 0.6 is 0 Å². The smallest absolute Gasteiger partial charge is 0.365 e. The maximum absolute atomic E-state index is 13.3. The average Bonchev–Trinajstić information content (AvgIpc) is 3.37. The maximum atomic E-state index is 13.3. The number of nitrogens with zero attached hydrogens (tertiary/aromatic N) is 4. The van der Waals surface area contributed by atoms with E-state index in [9.17, 15) is 18.0 Å². The summed E-state index contributed by atoms with van der Waals surface area (Å²) in [6.07, 6.45) is 4.30. The van der Waals surface area contributed by atoms with Gasteiger partial charge >= 0.3 is 6.18 Å². The van der Waals surface area contributed by atoms with Crippen molar-refractivity contribution in [2.24, 2.45) is 10.9 Å². The summed E-state index contributed by atoms with van der Waals surface area (Å²) in [7, 11) is 0. The van der Waals surface area contributed by atoms with Gasteiger partial charge in [-0.3, -0.25) is 14.5 Å². The molecule has 1 unspecified atom stereocenters. The van der Waals surface area contributed by atoms with Crippen molar-refractivity contribution in [1.82, 2.24) is 20.0 Å². The van der Waals surface area contributed by atoms with Gasteiger partial charge in [0, 0.05) is 54.7 Å². The molecule has 1 aromatic rings. The molecule has 0 spiro atoms. The number of allylic oxidation sites excluding steroid dienone is 1. The molecule has 3 heterocycles. The van der Waals surface area contributed by atoms with Gasteiger partial charge in [-0.2, -0.15) is 18.3 Å². The van der Waals surface area contributed by atoms with Crippen molar-refractivity contribution in [3.05, 3.63) is 52.8 Å². The Hall–Kier alpha value is -2.84. The first-order valence-electron chi connectivity index (χ1n) is 10.9. The predicted molar refractivity (Wildman–Crippen MR) is 118 cm³/mol. The van der Waals surface area contributed by atoms with Crippen LogP contribution in [0.15, 0.2) is 52.2 Å². The van der Waals surface area contributed by atoms with Crippen LogP contribution in [0.2, 0.25) is 0 Å². The van der Waals surface area contributed by atoms with Crippen LogP contribution in [0.1, 0.15) is 52.5 Å². The average molecular weight is 450 g/mol. The largest absolute Gasteiger partial charge is 0.408 e. The molecular weight excluding hydrogens is 419 g/mol. The molecule has 32 heavy (non-hydrogen) atoms. The number of hydrogen-bond donors (Lipinski definition) is 1. The molecule has 0 aromatic carbocycles. The number of rotatable bonds is 7. The second kappa shape index (κ2) is 9.75. The molecule has 1 atom stereocenters. The number of aromatic nitrogens is 2. The van der Waals surface area contributed by atoms with Crippen LogP contribution in [0.5, 0.6) is 0 Å². The van der Waals surface area contributed by atoms with Crippen LogP contribution in [-0.2, 0) is 11.3 Å². The standard InChI is InChI=1S/C23H30F3N5O/c1-5-15(3)9-27-20-7-8-30(12-16(20)4)22(32)19-11-28-21(18(19)6-2)17-10-29-31(13-17)14-23(24,25)26/h9-11,13,18,27H,5-8,12,14H2,1-4H3. The Morgan fingerprint density at radius 3 is 2.72 bits per heavy atom. The maximum Gasteiger partial charge on any atom is 0.408 e. The van der Waals surface area contributed by atoms with Crippen molar-refractivity contribution in [3.8, 4) is 0 Å². The van der Waals surface area contributed by atoms with Gasteiger partial charge in [0.2, 0.25) is 0 Å². The van der Waals surface area contributed by atoms with E-state index < -0.39 is 12.7 Å². The molecule has 1 amide bonds. The summed E-state index contributed by atoms with van der Waals surface area (Å²) in [6.45, 7) is 8.12. The Balaban J connectivity index is 1.68. The molecule has 0 bridgehead atoms. The molecule has 174 valence electrons. The second-order valence-electron chi connectivity index (χ2n) is 8.33. The van der Waals surface area contributed by atoms with Gasteiger partial charge in [-0.1, -0.05) is 19.4 Å². The van der Waals surface area contributed by atoms with Crippen molar-refractivity contribution in [3.63, 3.8) is 0 Å². The molecule has 2 aliphatic rings. The fourth-order valence-corrected chi connectivity index (χ4v) is 3.91. The number of nitrogens with one attached hydrogen (secondary N) is 1. The van der Waals surface area contributed by atoms with Crippen LogP contribution in [-0.4, -0.2) is 45.6 Å². The van der Waals surface area contributed by atoms with Crippen LogP contribution in [0.4, 0.5) is 13.2 Å². The van der Waals surface area contributed by atoms with Crippen molar-refractivity contribution in [2.45, 2.75) is 59.7 Å². The quantitative estimate of drug-likeness (QED) is 0.664. The lowest BCUT2D eigenvalue weighted by molar-refractivity contribution is -0.142. The highest BCUT2D eigenvalue weighted by Crippen LogP contribution is 2.30. The summed E-state index contributed by atoms with van der Waals surface area (Å²) >= 11 is 0. The fourth-order valence-electron chi connectivity index (χ4n) is 3.91. The van der Waals surface area contributed by atoms with Gasteiger partial charge in [0.25, 0.3) is 5.91 Å². The molecule has 0 aliphatic carbocycles. The van der Waals surface area contributed by atoms with Gasteiger partial charge < -0.3 is 10.2 Å². The van der Waals surface area contributed by atoms with Gasteiger partial charge in [0.15, 0.2) is 0 Å². The zero-order valence-corrected chi connectivity index (χ0v) is 19.0. The normalized spacial score (nSPS) is 19.9. The topological polar surface area (TPSA) is 62.5 Å². The van der Waals surface area contributed by atoms with E-state index in [1.807, 2.05) is 24.9 Å². The van der Waals surface area contributed by atoms with Crippen LogP contribution in [0.25, 0.3) is 0 Å². The third kappa shape index (κ3) is 5.49. The second-order valence-corrected chi connectivity index (χ2v) is 8.33. The number of carbonyl (C=O) groups is 1. The lowest BCUT2D eigenvalue weighted by atomic mass is 9.89. The summed E-state index contributed by atoms with van der Waals surface area (Å²) in [5.41, 5.74) is 5.20. The third-order valence-electron chi connectivity index (χ3n) is 5.89. The fraction of sp³-hybridized carbons (Fsp3) is 0.522. The van der Waals surface area contributed by atoms with E-state index in [1.165, 1.54) is 18.0 Å². The monoisotopic (exact) mass is 449 g/mol. The summed E-state index contributed by atoms with van der Waals surface area (Å²) in [4.78, 5) is 19.5. The minimum absolute atomic E-state index is 0.0723. The molecule has 9 heteroatoms. The lowest BCUT2D eigenvalue weighted by Crippen LogP contribution is -2.40. The van der Waals surface area contributed by atoms with Crippen molar-refractivity contribution in [1.29, 1.82) is 0 Å². The molecule has 3 rings (SSSR count).